The van der Waals surface area contributed by atoms with Crippen molar-refractivity contribution in [3.8, 4) is 0 Å². The van der Waals surface area contributed by atoms with E-state index in [1.54, 1.807) is 19.1 Å². The van der Waals surface area contributed by atoms with Crippen LogP contribution in [0.25, 0.3) is 0 Å². The van der Waals surface area contributed by atoms with Crippen molar-refractivity contribution in [1.29, 1.82) is 0 Å². The summed E-state index contributed by atoms with van der Waals surface area (Å²) in [5, 5.41) is 6.75. The third kappa shape index (κ3) is 4.06. The second-order valence-corrected chi connectivity index (χ2v) is 4.81. The molecule has 6 nitrogen and oxygen atoms in total. The van der Waals surface area contributed by atoms with Gasteiger partial charge < -0.3 is 19.5 Å². The zero-order valence-corrected chi connectivity index (χ0v) is 12.4. The smallest absolute Gasteiger partial charge is 0.321 e. The minimum atomic E-state index is -0.209. The maximum Gasteiger partial charge on any atom is 0.321 e. The zero-order chi connectivity index (χ0) is 15.2. The Morgan fingerprint density at radius 2 is 2.19 bits per heavy atom. The minimum Gasteiger partial charge on any atom is -0.380 e. The number of aryl methyl sites for hydroxylation is 1. The number of rotatable bonds is 5. The Morgan fingerprint density at radius 3 is 2.86 bits per heavy atom. The van der Waals surface area contributed by atoms with E-state index in [-0.39, 0.29) is 6.03 Å². The van der Waals surface area contributed by atoms with Crippen molar-refractivity contribution in [3.05, 3.63) is 47.3 Å². The first-order valence-electron chi connectivity index (χ1n) is 6.61. The third-order valence-electron chi connectivity index (χ3n) is 2.98. The number of aromatic nitrogens is 1. The molecule has 0 atom stereocenters. The molecule has 0 saturated carbocycles. The number of amides is 2. The molecule has 0 bridgehead atoms. The maximum absolute atomic E-state index is 12.2. The summed E-state index contributed by atoms with van der Waals surface area (Å²) < 4.78 is 10.1. The van der Waals surface area contributed by atoms with Crippen LogP contribution in [0.15, 0.2) is 34.9 Å². The first-order chi connectivity index (χ1) is 10.1. The Balaban J connectivity index is 2.00. The Morgan fingerprint density at radius 1 is 1.43 bits per heavy atom. The van der Waals surface area contributed by atoms with Crippen LogP contribution in [0.3, 0.4) is 0 Å². The van der Waals surface area contributed by atoms with E-state index in [4.69, 9.17) is 9.26 Å². The van der Waals surface area contributed by atoms with Crippen molar-refractivity contribution < 1.29 is 14.1 Å². The highest BCUT2D eigenvalue weighted by molar-refractivity contribution is 5.89. The number of carbonyl (C=O) groups excluding carboxylic acids is 1. The molecule has 0 aliphatic carbocycles. The van der Waals surface area contributed by atoms with Gasteiger partial charge in [0.15, 0.2) is 0 Å². The van der Waals surface area contributed by atoms with E-state index in [1.165, 1.54) is 0 Å². The molecule has 6 heteroatoms. The SMILES string of the molecule is COCc1ccccc1NC(=O)N(C)Cc1cc(C)on1. The summed E-state index contributed by atoms with van der Waals surface area (Å²) in [5.74, 6) is 0.726. The van der Waals surface area contributed by atoms with Crippen molar-refractivity contribution in [2.45, 2.75) is 20.1 Å². The molecule has 0 saturated heterocycles. The van der Waals surface area contributed by atoms with E-state index in [2.05, 4.69) is 10.5 Å². The second-order valence-electron chi connectivity index (χ2n) is 4.81. The number of ether oxygens (including phenoxy) is 1. The molecule has 0 fully saturated rings. The average molecular weight is 289 g/mol. The van der Waals surface area contributed by atoms with Gasteiger partial charge in [-0.05, 0) is 13.0 Å². The van der Waals surface area contributed by atoms with Gasteiger partial charge in [-0.2, -0.15) is 0 Å². The van der Waals surface area contributed by atoms with Gasteiger partial charge in [-0.25, -0.2) is 4.79 Å². The van der Waals surface area contributed by atoms with Crippen LogP contribution >= 0.6 is 0 Å². The molecule has 2 amide bonds. The molecular formula is C15H19N3O3. The number of para-hydroxylation sites is 1. The Hall–Kier alpha value is -2.34. The fourth-order valence-electron chi connectivity index (χ4n) is 1.94. The molecule has 0 aliphatic rings. The summed E-state index contributed by atoms with van der Waals surface area (Å²) in [4.78, 5) is 13.7. The van der Waals surface area contributed by atoms with Crippen molar-refractivity contribution in [1.82, 2.24) is 10.1 Å². The van der Waals surface area contributed by atoms with Gasteiger partial charge in [-0.15, -0.1) is 0 Å². The number of hydrogen-bond acceptors (Lipinski definition) is 4. The summed E-state index contributed by atoms with van der Waals surface area (Å²) in [6, 6.07) is 9.14. The quantitative estimate of drug-likeness (QED) is 0.919. The molecule has 2 aromatic rings. The number of benzene rings is 1. The summed E-state index contributed by atoms with van der Waals surface area (Å²) in [5.41, 5.74) is 2.39. The first kappa shape index (κ1) is 15.1. The highest BCUT2D eigenvalue weighted by Gasteiger charge is 2.13. The molecule has 1 N–H and O–H groups in total. The molecule has 0 aliphatic heterocycles. The summed E-state index contributed by atoms with van der Waals surface area (Å²) in [6.07, 6.45) is 0. The molecule has 0 spiro atoms. The topological polar surface area (TPSA) is 67.6 Å². The first-order valence-corrected chi connectivity index (χ1v) is 6.61. The lowest BCUT2D eigenvalue weighted by Crippen LogP contribution is -2.31. The van der Waals surface area contributed by atoms with Gasteiger partial charge in [-0.1, -0.05) is 23.4 Å². The molecule has 2 rings (SSSR count). The normalized spacial score (nSPS) is 10.4. The highest BCUT2D eigenvalue weighted by atomic mass is 16.5. The van der Waals surface area contributed by atoms with Crippen LogP contribution in [0.1, 0.15) is 17.0 Å². The standard InChI is InChI=1S/C15H19N3O3/c1-11-8-13(17-21-11)9-18(2)15(19)16-14-7-5-4-6-12(14)10-20-3/h4-8H,9-10H2,1-3H3,(H,16,19). The van der Waals surface area contributed by atoms with Crippen LogP contribution in [0.5, 0.6) is 0 Å². The highest BCUT2D eigenvalue weighted by Crippen LogP contribution is 2.16. The largest absolute Gasteiger partial charge is 0.380 e. The number of nitrogens with zero attached hydrogens (tertiary/aromatic N) is 2. The van der Waals surface area contributed by atoms with E-state index in [9.17, 15) is 4.79 Å². The predicted octanol–water partition coefficient (Wildman–Crippen LogP) is 2.79. The van der Waals surface area contributed by atoms with Gasteiger partial charge in [0.05, 0.1) is 13.2 Å². The molecular weight excluding hydrogens is 270 g/mol. The van der Waals surface area contributed by atoms with Crippen LogP contribution in [-0.2, 0) is 17.9 Å². The lowest BCUT2D eigenvalue weighted by molar-refractivity contribution is 0.185. The van der Waals surface area contributed by atoms with Crippen LogP contribution in [0.2, 0.25) is 0 Å². The zero-order valence-electron chi connectivity index (χ0n) is 12.4. The molecule has 1 aromatic heterocycles. The van der Waals surface area contributed by atoms with Crippen molar-refractivity contribution >= 4 is 11.7 Å². The lowest BCUT2D eigenvalue weighted by atomic mass is 10.2. The van der Waals surface area contributed by atoms with Gasteiger partial charge in [0.2, 0.25) is 0 Å². The van der Waals surface area contributed by atoms with E-state index >= 15 is 0 Å². The Bertz CT molecular complexity index is 610. The predicted molar refractivity (Wildman–Crippen MR) is 78.9 cm³/mol. The maximum atomic E-state index is 12.2. The van der Waals surface area contributed by atoms with Gasteiger partial charge in [0.1, 0.15) is 11.5 Å². The van der Waals surface area contributed by atoms with Crippen LogP contribution in [0, 0.1) is 6.92 Å². The van der Waals surface area contributed by atoms with Gasteiger partial charge >= 0.3 is 6.03 Å². The summed E-state index contributed by atoms with van der Waals surface area (Å²) in [6.45, 7) is 2.65. The number of urea groups is 1. The average Bonchev–Trinajstić information content (AvgIpc) is 2.86. The number of nitrogens with one attached hydrogen (secondary N) is 1. The van der Waals surface area contributed by atoms with Crippen molar-refractivity contribution in [3.63, 3.8) is 0 Å². The van der Waals surface area contributed by atoms with E-state index in [0.29, 0.717) is 13.2 Å². The van der Waals surface area contributed by atoms with Crippen LogP contribution in [0.4, 0.5) is 10.5 Å². The molecule has 1 heterocycles. The monoisotopic (exact) mass is 289 g/mol. The number of anilines is 1. The van der Waals surface area contributed by atoms with Gasteiger partial charge in [0.25, 0.3) is 0 Å². The van der Waals surface area contributed by atoms with E-state index in [1.807, 2.05) is 37.3 Å². The fourth-order valence-corrected chi connectivity index (χ4v) is 1.94. The van der Waals surface area contributed by atoms with Crippen molar-refractivity contribution in [2.75, 3.05) is 19.5 Å². The van der Waals surface area contributed by atoms with Gasteiger partial charge in [0, 0.05) is 31.5 Å². The van der Waals surface area contributed by atoms with Crippen LogP contribution in [-0.4, -0.2) is 30.2 Å². The molecule has 0 radical (unpaired) electrons. The lowest BCUT2D eigenvalue weighted by Gasteiger charge is -2.18. The van der Waals surface area contributed by atoms with E-state index < -0.39 is 0 Å². The molecule has 21 heavy (non-hydrogen) atoms. The third-order valence-corrected chi connectivity index (χ3v) is 2.98. The Labute approximate surface area is 123 Å². The van der Waals surface area contributed by atoms with Crippen LogP contribution < -0.4 is 5.32 Å². The molecule has 112 valence electrons. The fraction of sp³-hybridized carbons (Fsp3) is 0.333. The summed E-state index contributed by atoms with van der Waals surface area (Å²) in [7, 11) is 3.33. The number of carbonyl (C=O) groups is 1. The second kappa shape index (κ2) is 6.90. The number of hydrogen-bond donors (Lipinski definition) is 1. The van der Waals surface area contributed by atoms with Gasteiger partial charge in [-0.3, -0.25) is 0 Å². The Kier molecular flexibility index (Phi) is 4.94. The minimum absolute atomic E-state index is 0.209. The summed E-state index contributed by atoms with van der Waals surface area (Å²) >= 11 is 0. The molecule has 1 aromatic carbocycles. The number of methoxy groups -OCH3 is 1. The van der Waals surface area contributed by atoms with E-state index in [0.717, 1.165) is 22.7 Å². The molecule has 0 unspecified atom stereocenters. The van der Waals surface area contributed by atoms with Crippen molar-refractivity contribution in [2.24, 2.45) is 0 Å².